The van der Waals surface area contributed by atoms with Crippen LogP contribution >= 0.6 is 0 Å². The van der Waals surface area contributed by atoms with E-state index in [0.717, 1.165) is 14.2 Å². The SMILES string of the molecule is COC(=O)c1c(CC[C@@H](CO)NC(=O)N[C@@H](C)Cn2cc(-c3ccccn3)nn2)oc(C(C)=O)c1C(=O)OC. The van der Waals surface area contributed by atoms with E-state index in [0.29, 0.717) is 17.9 Å². The number of nitrogens with one attached hydrogen (secondary N) is 2. The monoisotopic (exact) mass is 542 g/mol. The molecule has 14 heteroatoms. The standard InChI is InChI=1S/C25H30N6O8/c1-14(11-31-12-18(29-30-31)17-7-5-6-10-26-17)27-25(36)28-16(13-32)8-9-19-20(23(34)37-3)21(24(35)38-4)22(39-19)15(2)33/h5-7,10,12,14,16,32H,8-9,11,13H2,1-4H3,(H2,27,28,36)/t14-,16-/m0/s1. The van der Waals surface area contributed by atoms with Crippen molar-refractivity contribution in [1.82, 2.24) is 30.6 Å². The van der Waals surface area contributed by atoms with Gasteiger partial charge in [-0.1, -0.05) is 11.3 Å². The smallest absolute Gasteiger partial charge is 0.342 e. The maximum Gasteiger partial charge on any atom is 0.342 e. The van der Waals surface area contributed by atoms with Gasteiger partial charge in [-0.25, -0.2) is 19.1 Å². The Labute approximate surface area is 223 Å². The van der Waals surface area contributed by atoms with Gasteiger partial charge in [-0.15, -0.1) is 5.10 Å². The molecular weight excluding hydrogens is 512 g/mol. The lowest BCUT2D eigenvalue weighted by Crippen LogP contribution is -2.47. The van der Waals surface area contributed by atoms with Crippen LogP contribution in [0, 0.1) is 0 Å². The normalized spacial score (nSPS) is 12.3. The third-order valence-corrected chi connectivity index (χ3v) is 5.66. The molecule has 0 unspecified atom stereocenters. The first-order valence-electron chi connectivity index (χ1n) is 12.0. The predicted molar refractivity (Wildman–Crippen MR) is 135 cm³/mol. The van der Waals surface area contributed by atoms with Crippen LogP contribution in [0.2, 0.25) is 0 Å². The Balaban J connectivity index is 1.62. The molecule has 2 atom stereocenters. The summed E-state index contributed by atoms with van der Waals surface area (Å²) in [5.41, 5.74) is 0.711. The minimum Gasteiger partial charge on any atom is -0.465 e. The number of hydrogen-bond donors (Lipinski definition) is 3. The lowest BCUT2D eigenvalue weighted by atomic mass is 10.0. The van der Waals surface area contributed by atoms with Crippen LogP contribution in [0.15, 0.2) is 35.0 Å². The van der Waals surface area contributed by atoms with E-state index < -0.39 is 36.4 Å². The molecule has 3 N–H and O–H groups in total. The maximum absolute atomic E-state index is 12.6. The average Bonchev–Trinajstić information content (AvgIpc) is 3.55. The summed E-state index contributed by atoms with van der Waals surface area (Å²) in [5, 5.41) is 23.4. The van der Waals surface area contributed by atoms with Crippen LogP contribution in [0.4, 0.5) is 4.79 Å². The van der Waals surface area contributed by atoms with Gasteiger partial charge in [0.25, 0.3) is 0 Å². The van der Waals surface area contributed by atoms with E-state index in [1.165, 1.54) is 6.92 Å². The van der Waals surface area contributed by atoms with Crippen LogP contribution in [0.5, 0.6) is 0 Å². The van der Waals surface area contributed by atoms with E-state index in [-0.39, 0.29) is 41.5 Å². The Morgan fingerprint density at radius 1 is 1.08 bits per heavy atom. The van der Waals surface area contributed by atoms with Crippen LogP contribution in [-0.2, 0) is 22.4 Å². The summed E-state index contributed by atoms with van der Waals surface area (Å²) in [7, 11) is 2.23. The zero-order chi connectivity index (χ0) is 28.5. The van der Waals surface area contributed by atoms with Crippen molar-refractivity contribution in [3.05, 3.63) is 53.2 Å². The summed E-state index contributed by atoms with van der Waals surface area (Å²) in [4.78, 5) is 53.5. The number of ether oxygens (including phenoxy) is 2. The quantitative estimate of drug-likeness (QED) is 0.222. The molecule has 0 fully saturated rings. The van der Waals surface area contributed by atoms with Crippen LogP contribution in [0.3, 0.4) is 0 Å². The Kier molecular flexibility index (Phi) is 9.86. The molecule has 0 saturated carbocycles. The summed E-state index contributed by atoms with van der Waals surface area (Å²) in [6, 6.07) is 3.83. The summed E-state index contributed by atoms with van der Waals surface area (Å²) in [6.45, 7) is 2.86. The molecule has 3 rings (SSSR count). The van der Waals surface area contributed by atoms with Crippen molar-refractivity contribution in [3.8, 4) is 11.4 Å². The number of nitrogens with zero attached hydrogens (tertiary/aromatic N) is 4. The third-order valence-electron chi connectivity index (χ3n) is 5.66. The van der Waals surface area contributed by atoms with Crippen molar-refractivity contribution in [3.63, 3.8) is 0 Å². The van der Waals surface area contributed by atoms with E-state index in [2.05, 4.69) is 25.9 Å². The van der Waals surface area contributed by atoms with E-state index in [4.69, 9.17) is 13.9 Å². The molecule has 0 aliphatic rings. The highest BCUT2D eigenvalue weighted by molar-refractivity contribution is 6.11. The molecule has 0 saturated heterocycles. The molecular formula is C25H30N6O8. The fraction of sp³-hybridized carbons (Fsp3) is 0.400. The number of methoxy groups -OCH3 is 2. The van der Waals surface area contributed by atoms with Gasteiger partial charge in [-0.05, 0) is 25.5 Å². The molecule has 2 amide bonds. The third kappa shape index (κ3) is 7.25. The lowest BCUT2D eigenvalue weighted by Gasteiger charge is -2.19. The fourth-order valence-corrected chi connectivity index (χ4v) is 3.83. The first kappa shape index (κ1) is 29.0. The molecule has 39 heavy (non-hydrogen) atoms. The molecule has 3 heterocycles. The number of aryl methyl sites for hydroxylation is 1. The molecule has 0 bridgehead atoms. The minimum atomic E-state index is -0.930. The summed E-state index contributed by atoms with van der Waals surface area (Å²) >= 11 is 0. The molecule has 3 aromatic heterocycles. The highest BCUT2D eigenvalue weighted by Gasteiger charge is 2.33. The fourth-order valence-electron chi connectivity index (χ4n) is 3.83. The Morgan fingerprint density at radius 3 is 2.41 bits per heavy atom. The molecule has 0 aliphatic carbocycles. The number of Topliss-reactive ketones (excluding diaryl/α,β-unsaturated/α-hetero) is 1. The Hall–Kier alpha value is -4.59. The van der Waals surface area contributed by atoms with Gasteiger partial charge >= 0.3 is 18.0 Å². The van der Waals surface area contributed by atoms with Crippen LogP contribution in [-0.4, -0.2) is 81.7 Å². The van der Waals surface area contributed by atoms with Gasteiger partial charge in [-0.3, -0.25) is 9.78 Å². The number of esters is 2. The molecule has 14 nitrogen and oxygen atoms in total. The number of rotatable bonds is 12. The molecule has 3 aromatic rings. The van der Waals surface area contributed by atoms with E-state index in [1.54, 1.807) is 30.1 Å². The Morgan fingerprint density at radius 2 is 1.79 bits per heavy atom. The number of carbonyl (C=O) groups is 4. The summed E-state index contributed by atoms with van der Waals surface area (Å²) in [5.74, 6) is -2.74. The highest BCUT2D eigenvalue weighted by atomic mass is 16.5. The second-order valence-electron chi connectivity index (χ2n) is 8.62. The highest BCUT2D eigenvalue weighted by Crippen LogP contribution is 2.27. The number of pyridine rings is 1. The zero-order valence-corrected chi connectivity index (χ0v) is 22.0. The number of urea groups is 1. The van der Waals surface area contributed by atoms with Gasteiger partial charge < -0.3 is 29.6 Å². The number of hydrogen-bond acceptors (Lipinski definition) is 11. The summed E-state index contributed by atoms with van der Waals surface area (Å²) in [6.07, 6.45) is 3.49. The van der Waals surface area contributed by atoms with Gasteiger partial charge in [0.2, 0.25) is 0 Å². The van der Waals surface area contributed by atoms with Crippen LogP contribution in [0.1, 0.15) is 57.3 Å². The Bertz CT molecular complexity index is 1320. The largest absolute Gasteiger partial charge is 0.465 e. The second-order valence-corrected chi connectivity index (χ2v) is 8.62. The number of amides is 2. The van der Waals surface area contributed by atoms with Gasteiger partial charge in [0.1, 0.15) is 22.6 Å². The molecule has 0 radical (unpaired) electrons. The average molecular weight is 543 g/mol. The number of aliphatic hydroxyl groups excluding tert-OH is 1. The van der Waals surface area contributed by atoms with Crippen molar-refractivity contribution in [1.29, 1.82) is 0 Å². The molecule has 0 spiro atoms. The van der Waals surface area contributed by atoms with Gasteiger partial charge in [0.05, 0.1) is 45.3 Å². The predicted octanol–water partition coefficient (Wildman–Crippen LogP) is 1.39. The lowest BCUT2D eigenvalue weighted by molar-refractivity contribution is 0.0554. The first-order valence-corrected chi connectivity index (χ1v) is 12.0. The zero-order valence-electron chi connectivity index (χ0n) is 22.0. The molecule has 0 aromatic carbocycles. The van der Waals surface area contributed by atoms with Crippen molar-refractivity contribution >= 4 is 23.8 Å². The van der Waals surface area contributed by atoms with Gasteiger partial charge in [-0.2, -0.15) is 0 Å². The van der Waals surface area contributed by atoms with Crippen molar-refractivity contribution in [2.75, 3.05) is 20.8 Å². The van der Waals surface area contributed by atoms with Crippen molar-refractivity contribution in [2.24, 2.45) is 0 Å². The van der Waals surface area contributed by atoms with Crippen molar-refractivity contribution in [2.45, 2.75) is 45.3 Å². The number of aromatic nitrogens is 4. The number of furan rings is 1. The first-order chi connectivity index (χ1) is 18.7. The molecule has 0 aliphatic heterocycles. The minimum absolute atomic E-state index is 0.00196. The number of aliphatic hydroxyl groups is 1. The molecule has 208 valence electrons. The topological polar surface area (TPSA) is 188 Å². The van der Waals surface area contributed by atoms with E-state index in [9.17, 15) is 24.3 Å². The summed E-state index contributed by atoms with van der Waals surface area (Å²) < 4.78 is 16.6. The van der Waals surface area contributed by atoms with Crippen molar-refractivity contribution < 1.29 is 38.2 Å². The number of ketones is 1. The second kappa shape index (κ2) is 13.3. The maximum atomic E-state index is 12.6. The van der Waals surface area contributed by atoms with E-state index >= 15 is 0 Å². The van der Waals surface area contributed by atoms with Gasteiger partial charge in [0, 0.05) is 25.6 Å². The van der Waals surface area contributed by atoms with E-state index in [1.807, 2.05) is 12.1 Å². The van der Waals surface area contributed by atoms with Crippen LogP contribution < -0.4 is 10.6 Å². The van der Waals surface area contributed by atoms with Crippen LogP contribution in [0.25, 0.3) is 11.4 Å². The number of carbonyl (C=O) groups excluding carboxylic acids is 4. The van der Waals surface area contributed by atoms with Gasteiger partial charge in [0.15, 0.2) is 11.5 Å².